The Balaban J connectivity index is 2.23. The lowest BCUT2D eigenvalue weighted by Gasteiger charge is -2.20. The van der Waals surface area contributed by atoms with Gasteiger partial charge in [0.15, 0.2) is 5.76 Å². The SMILES string of the molecule is COC1CC(C(=O)O)N(C(=O)c2occc2C)C1. The Kier molecular flexibility index (Phi) is 3.38. The number of hydrogen-bond donors (Lipinski definition) is 1. The summed E-state index contributed by atoms with van der Waals surface area (Å²) in [6, 6.07) is 0.819. The molecule has 2 atom stereocenters. The predicted octanol–water partition coefficient (Wildman–Crippen LogP) is 0.902. The maximum Gasteiger partial charge on any atom is 0.326 e. The quantitative estimate of drug-likeness (QED) is 0.865. The van der Waals surface area contributed by atoms with Gasteiger partial charge in [-0.25, -0.2) is 4.79 Å². The minimum Gasteiger partial charge on any atom is -0.480 e. The summed E-state index contributed by atoms with van der Waals surface area (Å²) in [4.78, 5) is 24.7. The number of ether oxygens (including phenoxy) is 1. The molecule has 6 heteroatoms. The average molecular weight is 253 g/mol. The Morgan fingerprint density at radius 1 is 1.56 bits per heavy atom. The van der Waals surface area contributed by atoms with Gasteiger partial charge in [0.2, 0.25) is 0 Å². The lowest BCUT2D eigenvalue weighted by Crippen LogP contribution is -2.40. The fraction of sp³-hybridized carbons (Fsp3) is 0.500. The van der Waals surface area contributed by atoms with Gasteiger partial charge in [-0.2, -0.15) is 0 Å². The number of likely N-dealkylation sites (tertiary alicyclic amines) is 1. The number of nitrogens with zero attached hydrogens (tertiary/aromatic N) is 1. The van der Waals surface area contributed by atoms with E-state index >= 15 is 0 Å². The van der Waals surface area contributed by atoms with Gasteiger partial charge in [-0.1, -0.05) is 0 Å². The fourth-order valence-electron chi connectivity index (χ4n) is 2.15. The van der Waals surface area contributed by atoms with Crippen LogP contribution in [0, 0.1) is 6.92 Å². The van der Waals surface area contributed by atoms with Crippen LogP contribution in [0.5, 0.6) is 0 Å². The van der Waals surface area contributed by atoms with E-state index in [0.717, 1.165) is 0 Å². The number of methoxy groups -OCH3 is 1. The lowest BCUT2D eigenvalue weighted by atomic mass is 10.2. The molecule has 1 aromatic rings. The van der Waals surface area contributed by atoms with Crippen LogP contribution >= 0.6 is 0 Å². The molecule has 0 bridgehead atoms. The van der Waals surface area contributed by atoms with Crippen LogP contribution in [-0.2, 0) is 9.53 Å². The minimum atomic E-state index is -1.02. The first kappa shape index (κ1) is 12.6. The molecule has 0 aromatic carbocycles. The highest BCUT2D eigenvalue weighted by Crippen LogP contribution is 2.24. The Hall–Kier alpha value is -1.82. The molecule has 2 heterocycles. The van der Waals surface area contributed by atoms with E-state index in [4.69, 9.17) is 14.3 Å². The topological polar surface area (TPSA) is 80.0 Å². The first-order valence-electron chi connectivity index (χ1n) is 5.65. The van der Waals surface area contributed by atoms with Crippen LogP contribution < -0.4 is 0 Å². The second-order valence-electron chi connectivity index (χ2n) is 4.34. The van der Waals surface area contributed by atoms with Crippen LogP contribution in [0.15, 0.2) is 16.7 Å². The van der Waals surface area contributed by atoms with Gasteiger partial charge in [0.05, 0.1) is 12.4 Å². The molecule has 1 N–H and O–H groups in total. The van der Waals surface area contributed by atoms with Crippen LogP contribution in [0.4, 0.5) is 0 Å². The third-order valence-electron chi connectivity index (χ3n) is 3.20. The molecule has 1 saturated heterocycles. The highest BCUT2D eigenvalue weighted by molar-refractivity contribution is 5.95. The third-order valence-corrected chi connectivity index (χ3v) is 3.20. The molecule has 2 unspecified atom stereocenters. The molecular formula is C12H15NO5. The number of carbonyl (C=O) groups is 2. The van der Waals surface area contributed by atoms with Crippen LogP contribution in [-0.4, -0.2) is 47.7 Å². The van der Waals surface area contributed by atoms with Crippen molar-refractivity contribution < 1.29 is 23.8 Å². The summed E-state index contributed by atoms with van der Waals surface area (Å²) < 4.78 is 10.2. The Morgan fingerprint density at radius 2 is 2.28 bits per heavy atom. The summed E-state index contributed by atoms with van der Waals surface area (Å²) in [5.74, 6) is -1.23. The second-order valence-corrected chi connectivity index (χ2v) is 4.34. The molecule has 1 aliphatic rings. The number of hydrogen-bond acceptors (Lipinski definition) is 4. The molecule has 0 radical (unpaired) electrons. The van der Waals surface area contributed by atoms with Gasteiger partial charge >= 0.3 is 5.97 Å². The van der Waals surface area contributed by atoms with Gasteiger partial charge in [-0.15, -0.1) is 0 Å². The molecule has 98 valence electrons. The standard InChI is InChI=1S/C12H15NO5/c1-7-3-4-18-10(7)11(14)13-6-8(17-2)5-9(13)12(15)16/h3-4,8-9H,5-6H2,1-2H3,(H,15,16). The van der Waals surface area contributed by atoms with Crippen molar-refractivity contribution in [2.75, 3.05) is 13.7 Å². The van der Waals surface area contributed by atoms with Gasteiger partial charge < -0.3 is 19.2 Å². The summed E-state index contributed by atoms with van der Waals surface area (Å²) in [7, 11) is 1.51. The van der Waals surface area contributed by atoms with E-state index in [-0.39, 0.29) is 18.4 Å². The minimum absolute atomic E-state index is 0.193. The van der Waals surface area contributed by atoms with Gasteiger partial charge in [-0.3, -0.25) is 4.79 Å². The highest BCUT2D eigenvalue weighted by Gasteiger charge is 2.41. The number of carbonyl (C=O) groups excluding carboxylic acids is 1. The zero-order chi connectivity index (χ0) is 13.3. The number of carboxylic acids is 1. The van der Waals surface area contributed by atoms with E-state index in [1.165, 1.54) is 18.3 Å². The Bertz CT molecular complexity index is 467. The number of amides is 1. The van der Waals surface area contributed by atoms with Crippen molar-refractivity contribution in [2.24, 2.45) is 0 Å². The number of rotatable bonds is 3. The number of aryl methyl sites for hydroxylation is 1. The summed E-state index contributed by atoms with van der Waals surface area (Å²) in [5, 5.41) is 9.13. The number of carboxylic acid groups (broad SMARTS) is 1. The first-order chi connectivity index (χ1) is 8.54. The van der Waals surface area contributed by atoms with Crippen LogP contribution in [0.25, 0.3) is 0 Å². The Labute approximate surface area is 104 Å². The predicted molar refractivity (Wildman–Crippen MR) is 61.3 cm³/mol. The zero-order valence-corrected chi connectivity index (χ0v) is 10.3. The van der Waals surface area contributed by atoms with Gasteiger partial charge in [0, 0.05) is 25.6 Å². The summed E-state index contributed by atoms with van der Waals surface area (Å²) in [6.07, 6.45) is 1.48. The van der Waals surface area contributed by atoms with Crippen LogP contribution in [0.1, 0.15) is 22.5 Å². The fourth-order valence-corrected chi connectivity index (χ4v) is 2.15. The molecule has 0 aliphatic carbocycles. The van der Waals surface area contributed by atoms with Gasteiger partial charge in [0.1, 0.15) is 6.04 Å². The van der Waals surface area contributed by atoms with Gasteiger partial charge in [0.25, 0.3) is 5.91 Å². The first-order valence-corrected chi connectivity index (χ1v) is 5.65. The van der Waals surface area contributed by atoms with Crippen LogP contribution in [0.3, 0.4) is 0 Å². The van der Waals surface area contributed by atoms with E-state index in [0.29, 0.717) is 12.0 Å². The molecule has 6 nitrogen and oxygen atoms in total. The van der Waals surface area contributed by atoms with Crippen molar-refractivity contribution in [1.82, 2.24) is 4.90 Å². The van der Waals surface area contributed by atoms with Crippen molar-refractivity contribution >= 4 is 11.9 Å². The average Bonchev–Trinajstić information content (AvgIpc) is 2.93. The molecule has 1 aliphatic heterocycles. The van der Waals surface area contributed by atoms with E-state index in [1.54, 1.807) is 13.0 Å². The van der Waals surface area contributed by atoms with Crippen molar-refractivity contribution in [1.29, 1.82) is 0 Å². The maximum absolute atomic E-state index is 12.2. The summed E-state index contributed by atoms with van der Waals surface area (Å²) >= 11 is 0. The largest absolute Gasteiger partial charge is 0.480 e. The van der Waals surface area contributed by atoms with Crippen molar-refractivity contribution in [3.8, 4) is 0 Å². The molecule has 18 heavy (non-hydrogen) atoms. The second kappa shape index (κ2) is 4.81. The monoisotopic (exact) mass is 253 g/mol. The molecular weight excluding hydrogens is 238 g/mol. The summed E-state index contributed by atoms with van der Waals surface area (Å²) in [6.45, 7) is 2.02. The smallest absolute Gasteiger partial charge is 0.326 e. The third kappa shape index (κ3) is 2.11. The highest BCUT2D eigenvalue weighted by atomic mass is 16.5. The van der Waals surface area contributed by atoms with E-state index in [9.17, 15) is 9.59 Å². The Morgan fingerprint density at radius 3 is 2.78 bits per heavy atom. The lowest BCUT2D eigenvalue weighted by molar-refractivity contribution is -0.141. The molecule has 0 spiro atoms. The van der Waals surface area contributed by atoms with E-state index < -0.39 is 17.9 Å². The van der Waals surface area contributed by atoms with E-state index in [1.807, 2.05) is 0 Å². The van der Waals surface area contributed by atoms with Crippen molar-refractivity contribution in [2.45, 2.75) is 25.5 Å². The number of furan rings is 1. The number of aliphatic carboxylic acids is 1. The summed E-state index contributed by atoms with van der Waals surface area (Å²) in [5.41, 5.74) is 0.699. The van der Waals surface area contributed by atoms with Crippen molar-refractivity contribution in [3.63, 3.8) is 0 Å². The van der Waals surface area contributed by atoms with Gasteiger partial charge in [-0.05, 0) is 13.0 Å². The molecule has 1 amide bonds. The zero-order valence-electron chi connectivity index (χ0n) is 10.3. The molecule has 2 rings (SSSR count). The van der Waals surface area contributed by atoms with Crippen LogP contribution in [0.2, 0.25) is 0 Å². The molecule has 1 fully saturated rings. The maximum atomic E-state index is 12.2. The van der Waals surface area contributed by atoms with E-state index in [2.05, 4.69) is 0 Å². The molecule has 0 saturated carbocycles. The normalized spacial score (nSPS) is 23.3. The molecule has 1 aromatic heterocycles. The van der Waals surface area contributed by atoms with Crippen molar-refractivity contribution in [3.05, 3.63) is 23.7 Å².